The van der Waals surface area contributed by atoms with Crippen LogP contribution in [0.5, 0.6) is 0 Å². The predicted octanol–water partition coefficient (Wildman–Crippen LogP) is 3.77. The molecule has 1 amide bonds. The van der Waals surface area contributed by atoms with Crippen molar-refractivity contribution < 1.29 is 4.79 Å². The molecule has 118 valence electrons. The van der Waals surface area contributed by atoms with Gasteiger partial charge in [0.1, 0.15) is 0 Å². The Hall–Kier alpha value is -2.60. The standard InChI is InChI=1S/C20H22N2O/c1-15-4-9-19(16(2)12-15)10-11-20(23)22(3)14-18-7-5-17(13-21)6-8-18/h4-9,12H,10-11,14H2,1-3H3. The average molecular weight is 306 g/mol. The zero-order chi connectivity index (χ0) is 16.8. The van der Waals surface area contributed by atoms with Crippen LogP contribution in [0.1, 0.15) is 34.2 Å². The van der Waals surface area contributed by atoms with Crippen LogP contribution in [0.15, 0.2) is 42.5 Å². The molecule has 0 fully saturated rings. The summed E-state index contributed by atoms with van der Waals surface area (Å²) in [6.45, 7) is 4.73. The van der Waals surface area contributed by atoms with E-state index >= 15 is 0 Å². The molecular weight excluding hydrogens is 284 g/mol. The van der Waals surface area contributed by atoms with Crippen molar-refractivity contribution in [3.8, 4) is 6.07 Å². The van der Waals surface area contributed by atoms with Crippen molar-refractivity contribution in [1.29, 1.82) is 5.26 Å². The fourth-order valence-corrected chi connectivity index (χ4v) is 2.61. The number of carbonyl (C=O) groups excluding carboxylic acids is 1. The van der Waals surface area contributed by atoms with Gasteiger partial charge in [-0.15, -0.1) is 0 Å². The molecule has 0 aromatic heterocycles. The second-order valence-corrected chi connectivity index (χ2v) is 5.99. The fraction of sp³-hybridized carbons (Fsp3) is 0.300. The number of amides is 1. The van der Waals surface area contributed by atoms with Crippen molar-refractivity contribution in [1.82, 2.24) is 4.90 Å². The van der Waals surface area contributed by atoms with Crippen LogP contribution in [0, 0.1) is 25.2 Å². The van der Waals surface area contributed by atoms with Gasteiger partial charge in [-0.1, -0.05) is 35.9 Å². The normalized spacial score (nSPS) is 10.2. The number of benzene rings is 2. The van der Waals surface area contributed by atoms with Gasteiger partial charge < -0.3 is 4.90 Å². The molecule has 0 aliphatic carbocycles. The Bertz CT molecular complexity index is 726. The van der Waals surface area contributed by atoms with Gasteiger partial charge in [-0.05, 0) is 49.1 Å². The Kier molecular flexibility index (Phi) is 5.54. The van der Waals surface area contributed by atoms with Crippen molar-refractivity contribution >= 4 is 5.91 Å². The van der Waals surface area contributed by atoms with Crippen molar-refractivity contribution in [2.45, 2.75) is 33.2 Å². The van der Waals surface area contributed by atoms with E-state index in [4.69, 9.17) is 5.26 Å². The number of carbonyl (C=O) groups is 1. The molecule has 0 saturated carbocycles. The average Bonchev–Trinajstić information content (AvgIpc) is 2.54. The molecule has 0 aliphatic rings. The lowest BCUT2D eigenvalue weighted by atomic mass is 10.0. The van der Waals surface area contributed by atoms with Gasteiger partial charge in [-0.25, -0.2) is 0 Å². The van der Waals surface area contributed by atoms with E-state index in [1.165, 1.54) is 16.7 Å². The highest BCUT2D eigenvalue weighted by atomic mass is 16.2. The minimum atomic E-state index is 0.134. The van der Waals surface area contributed by atoms with Crippen LogP contribution in [-0.2, 0) is 17.8 Å². The first kappa shape index (κ1) is 16.8. The highest BCUT2D eigenvalue weighted by Crippen LogP contribution is 2.14. The third kappa shape index (κ3) is 4.69. The zero-order valence-electron chi connectivity index (χ0n) is 14.0. The summed E-state index contributed by atoms with van der Waals surface area (Å²) in [5, 5.41) is 8.80. The maximum Gasteiger partial charge on any atom is 0.222 e. The predicted molar refractivity (Wildman–Crippen MR) is 91.9 cm³/mol. The maximum absolute atomic E-state index is 12.3. The van der Waals surface area contributed by atoms with Gasteiger partial charge in [-0.2, -0.15) is 5.26 Å². The van der Waals surface area contributed by atoms with Crippen LogP contribution < -0.4 is 0 Å². The first-order valence-electron chi connectivity index (χ1n) is 7.78. The first-order chi connectivity index (χ1) is 11.0. The summed E-state index contributed by atoms with van der Waals surface area (Å²) in [7, 11) is 1.82. The Morgan fingerprint density at radius 3 is 2.43 bits per heavy atom. The third-order valence-corrected chi connectivity index (χ3v) is 4.03. The fourth-order valence-electron chi connectivity index (χ4n) is 2.61. The molecule has 0 aliphatic heterocycles. The number of hydrogen-bond donors (Lipinski definition) is 0. The van der Waals surface area contributed by atoms with Crippen molar-refractivity contribution in [2.24, 2.45) is 0 Å². The van der Waals surface area contributed by atoms with Gasteiger partial charge in [0.15, 0.2) is 0 Å². The Labute approximate surface area is 138 Å². The van der Waals surface area contributed by atoms with Crippen LogP contribution in [0.4, 0.5) is 0 Å². The lowest BCUT2D eigenvalue weighted by Gasteiger charge is -2.17. The lowest BCUT2D eigenvalue weighted by molar-refractivity contribution is -0.130. The minimum absolute atomic E-state index is 0.134. The second kappa shape index (κ2) is 7.60. The Morgan fingerprint density at radius 1 is 1.13 bits per heavy atom. The van der Waals surface area contributed by atoms with Crippen LogP contribution in [0.2, 0.25) is 0 Å². The van der Waals surface area contributed by atoms with Crippen molar-refractivity contribution in [3.05, 3.63) is 70.3 Å². The topological polar surface area (TPSA) is 44.1 Å². The number of rotatable bonds is 5. The molecule has 2 rings (SSSR count). The summed E-state index contributed by atoms with van der Waals surface area (Å²) in [6, 6.07) is 15.8. The van der Waals surface area contributed by atoms with E-state index in [2.05, 4.69) is 38.1 Å². The summed E-state index contributed by atoms with van der Waals surface area (Å²) < 4.78 is 0. The van der Waals surface area contributed by atoms with E-state index in [0.717, 1.165) is 12.0 Å². The van der Waals surface area contributed by atoms with Crippen LogP contribution >= 0.6 is 0 Å². The van der Waals surface area contributed by atoms with E-state index in [-0.39, 0.29) is 5.91 Å². The van der Waals surface area contributed by atoms with Crippen molar-refractivity contribution in [2.75, 3.05) is 7.05 Å². The maximum atomic E-state index is 12.3. The minimum Gasteiger partial charge on any atom is -0.341 e. The molecule has 3 nitrogen and oxygen atoms in total. The molecule has 0 unspecified atom stereocenters. The molecule has 0 spiro atoms. The molecule has 0 N–H and O–H groups in total. The molecule has 0 bridgehead atoms. The van der Waals surface area contributed by atoms with Crippen molar-refractivity contribution in [3.63, 3.8) is 0 Å². The van der Waals surface area contributed by atoms with Gasteiger partial charge in [0, 0.05) is 20.0 Å². The molecule has 2 aromatic rings. The lowest BCUT2D eigenvalue weighted by Crippen LogP contribution is -2.26. The van der Waals surface area contributed by atoms with Gasteiger partial charge in [0.25, 0.3) is 0 Å². The van der Waals surface area contributed by atoms with Gasteiger partial charge in [0.05, 0.1) is 11.6 Å². The Morgan fingerprint density at radius 2 is 1.83 bits per heavy atom. The van der Waals surface area contributed by atoms with E-state index in [0.29, 0.717) is 18.5 Å². The smallest absolute Gasteiger partial charge is 0.222 e. The van der Waals surface area contributed by atoms with Crippen LogP contribution in [0.25, 0.3) is 0 Å². The molecule has 0 saturated heterocycles. The summed E-state index contributed by atoms with van der Waals surface area (Å²) >= 11 is 0. The molecule has 0 radical (unpaired) electrons. The molecule has 3 heteroatoms. The second-order valence-electron chi connectivity index (χ2n) is 5.99. The third-order valence-electron chi connectivity index (χ3n) is 4.03. The first-order valence-corrected chi connectivity index (χ1v) is 7.78. The van der Waals surface area contributed by atoms with E-state index < -0.39 is 0 Å². The molecule has 0 heterocycles. The van der Waals surface area contributed by atoms with E-state index in [1.54, 1.807) is 17.0 Å². The SMILES string of the molecule is Cc1ccc(CCC(=O)N(C)Cc2ccc(C#N)cc2)c(C)c1. The highest BCUT2D eigenvalue weighted by Gasteiger charge is 2.10. The number of hydrogen-bond acceptors (Lipinski definition) is 2. The quantitative estimate of drug-likeness (QED) is 0.844. The number of aryl methyl sites for hydroxylation is 3. The van der Waals surface area contributed by atoms with Gasteiger partial charge >= 0.3 is 0 Å². The Balaban J connectivity index is 1.90. The monoisotopic (exact) mass is 306 g/mol. The zero-order valence-corrected chi connectivity index (χ0v) is 14.0. The largest absolute Gasteiger partial charge is 0.341 e. The molecule has 23 heavy (non-hydrogen) atoms. The summed E-state index contributed by atoms with van der Waals surface area (Å²) in [5.41, 5.74) is 5.39. The number of nitriles is 1. The molecular formula is C20H22N2O. The van der Waals surface area contributed by atoms with Gasteiger partial charge in [-0.3, -0.25) is 4.79 Å². The van der Waals surface area contributed by atoms with E-state index in [1.807, 2.05) is 19.2 Å². The number of nitrogens with zero attached hydrogens (tertiary/aromatic N) is 2. The highest BCUT2D eigenvalue weighted by molar-refractivity contribution is 5.76. The van der Waals surface area contributed by atoms with Crippen LogP contribution in [-0.4, -0.2) is 17.9 Å². The summed E-state index contributed by atoms with van der Waals surface area (Å²) in [4.78, 5) is 14.0. The van der Waals surface area contributed by atoms with Crippen LogP contribution in [0.3, 0.4) is 0 Å². The van der Waals surface area contributed by atoms with E-state index in [9.17, 15) is 4.79 Å². The van der Waals surface area contributed by atoms with Gasteiger partial charge in [0.2, 0.25) is 5.91 Å². The summed E-state index contributed by atoms with van der Waals surface area (Å²) in [6.07, 6.45) is 1.28. The molecule has 0 atom stereocenters. The summed E-state index contributed by atoms with van der Waals surface area (Å²) in [5.74, 6) is 0.134. The molecule has 2 aromatic carbocycles.